The first-order valence-electron chi connectivity index (χ1n) is 6.10. The standard InChI is InChI=1S/C16H12BrClS/c17-14(15-8-9-16(18)19-15)10-12-6-3-5-11-4-1-2-7-13(11)12/h1-9,14H,10H2. The van der Waals surface area contributed by atoms with Gasteiger partial charge in [0.1, 0.15) is 0 Å². The molecule has 96 valence electrons. The summed E-state index contributed by atoms with van der Waals surface area (Å²) >= 11 is 11.4. The molecule has 19 heavy (non-hydrogen) atoms. The molecular formula is C16H12BrClS. The number of halogens is 2. The first-order valence-corrected chi connectivity index (χ1v) is 8.21. The lowest BCUT2D eigenvalue weighted by molar-refractivity contribution is 0.979. The van der Waals surface area contributed by atoms with Crippen LogP contribution in [0.15, 0.2) is 54.6 Å². The van der Waals surface area contributed by atoms with Crippen molar-refractivity contribution < 1.29 is 0 Å². The molecule has 3 aromatic rings. The van der Waals surface area contributed by atoms with Crippen molar-refractivity contribution in [2.24, 2.45) is 0 Å². The molecule has 0 spiro atoms. The molecule has 3 rings (SSSR count). The Morgan fingerprint density at radius 2 is 1.79 bits per heavy atom. The van der Waals surface area contributed by atoms with E-state index in [0.29, 0.717) is 4.83 Å². The van der Waals surface area contributed by atoms with Gasteiger partial charge in [0.25, 0.3) is 0 Å². The maximum Gasteiger partial charge on any atom is 0.0931 e. The molecule has 3 heteroatoms. The van der Waals surface area contributed by atoms with Gasteiger partial charge in [0, 0.05) is 4.88 Å². The third-order valence-electron chi connectivity index (χ3n) is 3.18. The Balaban J connectivity index is 1.93. The Morgan fingerprint density at radius 1 is 1.00 bits per heavy atom. The lowest BCUT2D eigenvalue weighted by Gasteiger charge is -2.10. The van der Waals surface area contributed by atoms with Gasteiger partial charge < -0.3 is 0 Å². The van der Waals surface area contributed by atoms with E-state index in [1.54, 1.807) is 11.3 Å². The highest BCUT2D eigenvalue weighted by atomic mass is 79.9. The molecule has 0 bridgehead atoms. The van der Waals surface area contributed by atoms with E-state index < -0.39 is 0 Å². The number of thiophene rings is 1. The lowest BCUT2D eigenvalue weighted by atomic mass is 10.0. The summed E-state index contributed by atoms with van der Waals surface area (Å²) < 4.78 is 0.845. The van der Waals surface area contributed by atoms with Crippen LogP contribution in [-0.4, -0.2) is 0 Å². The third kappa shape index (κ3) is 2.86. The topological polar surface area (TPSA) is 0 Å². The molecule has 1 heterocycles. The van der Waals surface area contributed by atoms with Gasteiger partial charge in [0.15, 0.2) is 0 Å². The third-order valence-corrected chi connectivity index (χ3v) is 5.65. The quantitative estimate of drug-likeness (QED) is 0.490. The van der Waals surface area contributed by atoms with Gasteiger partial charge in [0.2, 0.25) is 0 Å². The van der Waals surface area contributed by atoms with Crippen LogP contribution in [0.3, 0.4) is 0 Å². The van der Waals surface area contributed by atoms with Crippen molar-refractivity contribution in [3.63, 3.8) is 0 Å². The number of hydrogen-bond acceptors (Lipinski definition) is 1. The molecular weight excluding hydrogens is 340 g/mol. The molecule has 0 aliphatic heterocycles. The van der Waals surface area contributed by atoms with E-state index in [9.17, 15) is 0 Å². The van der Waals surface area contributed by atoms with Gasteiger partial charge >= 0.3 is 0 Å². The molecule has 0 saturated heterocycles. The second kappa shape index (κ2) is 5.66. The summed E-state index contributed by atoms with van der Waals surface area (Å²) in [6, 6.07) is 19.1. The van der Waals surface area contributed by atoms with Crippen LogP contribution in [0.2, 0.25) is 4.34 Å². The summed E-state index contributed by atoms with van der Waals surface area (Å²) in [7, 11) is 0. The zero-order valence-electron chi connectivity index (χ0n) is 10.1. The monoisotopic (exact) mass is 350 g/mol. The van der Waals surface area contributed by atoms with Crippen LogP contribution in [0.4, 0.5) is 0 Å². The lowest BCUT2D eigenvalue weighted by Crippen LogP contribution is -1.94. The highest BCUT2D eigenvalue weighted by Gasteiger charge is 2.12. The summed E-state index contributed by atoms with van der Waals surface area (Å²) in [5, 5.41) is 2.63. The van der Waals surface area contributed by atoms with E-state index in [4.69, 9.17) is 11.6 Å². The minimum Gasteiger partial charge on any atom is -0.127 e. The molecule has 0 fully saturated rings. The number of hydrogen-bond donors (Lipinski definition) is 0. The van der Waals surface area contributed by atoms with E-state index in [1.807, 2.05) is 6.07 Å². The van der Waals surface area contributed by atoms with Crippen LogP contribution in [0.25, 0.3) is 10.8 Å². The second-order valence-corrected chi connectivity index (χ2v) is 7.30. The van der Waals surface area contributed by atoms with Crippen LogP contribution < -0.4 is 0 Å². The normalized spacial score (nSPS) is 12.7. The van der Waals surface area contributed by atoms with E-state index in [0.717, 1.165) is 10.8 Å². The Kier molecular flexibility index (Phi) is 3.92. The number of benzene rings is 2. The largest absolute Gasteiger partial charge is 0.127 e. The van der Waals surface area contributed by atoms with Gasteiger partial charge in [-0.2, -0.15) is 0 Å². The predicted octanol–water partition coefficient (Wildman–Crippen LogP) is 6.23. The highest BCUT2D eigenvalue weighted by Crippen LogP contribution is 2.35. The zero-order chi connectivity index (χ0) is 13.2. The maximum absolute atomic E-state index is 6.00. The van der Waals surface area contributed by atoms with Crippen molar-refractivity contribution in [3.05, 3.63) is 69.4 Å². The molecule has 0 N–H and O–H groups in total. The first kappa shape index (κ1) is 13.2. The molecule has 1 atom stereocenters. The van der Waals surface area contributed by atoms with E-state index >= 15 is 0 Å². The molecule has 0 nitrogen and oxygen atoms in total. The Bertz CT molecular complexity index is 699. The molecule has 2 aromatic carbocycles. The Labute approximate surface area is 130 Å². The van der Waals surface area contributed by atoms with Gasteiger partial charge in [-0.25, -0.2) is 0 Å². The molecule has 0 saturated carbocycles. The van der Waals surface area contributed by atoms with Crippen LogP contribution >= 0.6 is 38.9 Å². The fourth-order valence-electron chi connectivity index (χ4n) is 2.26. The van der Waals surface area contributed by atoms with Crippen LogP contribution in [0.1, 0.15) is 15.3 Å². The number of fused-ring (bicyclic) bond motifs is 1. The van der Waals surface area contributed by atoms with Crippen molar-refractivity contribution in [2.45, 2.75) is 11.2 Å². The summed E-state index contributed by atoms with van der Waals surface area (Å²) in [5.41, 5.74) is 1.37. The number of rotatable bonds is 3. The summed E-state index contributed by atoms with van der Waals surface area (Å²) in [6.45, 7) is 0. The van der Waals surface area contributed by atoms with E-state index in [2.05, 4.69) is 64.5 Å². The van der Waals surface area contributed by atoms with Gasteiger partial charge in [0.05, 0.1) is 9.16 Å². The molecule has 0 aliphatic rings. The van der Waals surface area contributed by atoms with Gasteiger partial charge in [-0.05, 0) is 34.9 Å². The van der Waals surface area contributed by atoms with E-state index in [-0.39, 0.29) is 0 Å². The van der Waals surface area contributed by atoms with Gasteiger partial charge in [-0.15, -0.1) is 11.3 Å². The van der Waals surface area contributed by atoms with Crippen molar-refractivity contribution in [3.8, 4) is 0 Å². The smallest absolute Gasteiger partial charge is 0.0931 e. The van der Waals surface area contributed by atoms with Gasteiger partial charge in [-0.1, -0.05) is 70.0 Å². The van der Waals surface area contributed by atoms with Crippen LogP contribution in [0, 0.1) is 0 Å². The molecule has 0 aliphatic carbocycles. The average molecular weight is 352 g/mol. The first-order chi connectivity index (χ1) is 9.24. The number of alkyl halides is 1. The summed E-state index contributed by atoms with van der Waals surface area (Å²) in [6.07, 6.45) is 0.970. The minimum absolute atomic E-state index is 0.316. The Hall–Kier alpha value is -0.830. The summed E-state index contributed by atoms with van der Waals surface area (Å²) in [4.78, 5) is 1.59. The summed E-state index contributed by atoms with van der Waals surface area (Å²) in [5.74, 6) is 0. The zero-order valence-corrected chi connectivity index (χ0v) is 13.3. The SMILES string of the molecule is Clc1ccc(C(Br)Cc2cccc3ccccc23)s1. The molecule has 1 unspecified atom stereocenters. The van der Waals surface area contributed by atoms with Crippen molar-refractivity contribution in [1.29, 1.82) is 0 Å². The van der Waals surface area contributed by atoms with Crippen LogP contribution in [0.5, 0.6) is 0 Å². The molecule has 0 radical (unpaired) electrons. The fraction of sp³-hybridized carbons (Fsp3) is 0.125. The molecule has 0 amide bonds. The van der Waals surface area contributed by atoms with Gasteiger partial charge in [-0.3, -0.25) is 0 Å². The van der Waals surface area contributed by atoms with Crippen LogP contribution in [-0.2, 0) is 6.42 Å². The van der Waals surface area contributed by atoms with Crippen molar-refractivity contribution in [2.75, 3.05) is 0 Å². The maximum atomic E-state index is 6.00. The molecule has 1 aromatic heterocycles. The minimum atomic E-state index is 0.316. The van der Waals surface area contributed by atoms with Crippen molar-refractivity contribution >= 4 is 49.6 Å². The highest BCUT2D eigenvalue weighted by molar-refractivity contribution is 9.09. The fourth-order valence-corrected chi connectivity index (χ4v) is 4.08. The van der Waals surface area contributed by atoms with Crippen molar-refractivity contribution in [1.82, 2.24) is 0 Å². The second-order valence-electron chi connectivity index (χ2n) is 4.45. The average Bonchev–Trinajstić information content (AvgIpc) is 2.86. The predicted molar refractivity (Wildman–Crippen MR) is 88.6 cm³/mol. The van der Waals surface area contributed by atoms with E-state index in [1.165, 1.54) is 21.2 Å². The Morgan fingerprint density at radius 3 is 2.58 bits per heavy atom.